The number of halogens is 1. The molecule has 3 heterocycles. The molecule has 2 amide bonds. The van der Waals surface area contributed by atoms with Crippen LogP contribution in [0.1, 0.15) is 6.42 Å². The van der Waals surface area contributed by atoms with Crippen LogP contribution in [-0.2, 0) is 9.59 Å². The highest BCUT2D eigenvalue weighted by Crippen LogP contribution is 2.28. The van der Waals surface area contributed by atoms with Crippen molar-refractivity contribution in [2.45, 2.75) is 6.42 Å². The molecule has 1 fully saturated rings. The molecule has 7 nitrogen and oxygen atoms in total. The van der Waals surface area contributed by atoms with E-state index in [0.29, 0.717) is 16.5 Å². The average Bonchev–Trinajstić information content (AvgIpc) is 3.43. The van der Waals surface area contributed by atoms with Gasteiger partial charge in [-0.3, -0.25) is 14.9 Å². The van der Waals surface area contributed by atoms with Crippen molar-refractivity contribution in [3.63, 3.8) is 0 Å². The van der Waals surface area contributed by atoms with E-state index in [0.717, 1.165) is 16.9 Å². The Balaban J connectivity index is 1.32. The predicted octanol–water partition coefficient (Wildman–Crippen LogP) is 4.10. The first kappa shape index (κ1) is 18.8. The maximum absolute atomic E-state index is 12.7. The van der Waals surface area contributed by atoms with Gasteiger partial charge in [0.15, 0.2) is 0 Å². The zero-order valence-corrected chi connectivity index (χ0v) is 17.2. The van der Waals surface area contributed by atoms with Crippen molar-refractivity contribution >= 4 is 51.3 Å². The summed E-state index contributed by atoms with van der Waals surface area (Å²) in [6.45, 7) is 0.309. The molecule has 0 aliphatic carbocycles. The Bertz CT molecular complexity index is 1240. The number of amides is 2. The van der Waals surface area contributed by atoms with Crippen molar-refractivity contribution in [1.29, 1.82) is 0 Å². The second-order valence-corrected chi connectivity index (χ2v) is 8.26. The van der Waals surface area contributed by atoms with Gasteiger partial charge < -0.3 is 4.90 Å². The molecular weight excluding hydrogens is 422 g/mol. The molecule has 5 rings (SSSR count). The summed E-state index contributed by atoms with van der Waals surface area (Å²) in [5.74, 6) is -0.591. The van der Waals surface area contributed by atoms with Crippen LogP contribution in [0.4, 0.5) is 11.6 Å². The number of aromatic nitrogens is 3. The summed E-state index contributed by atoms with van der Waals surface area (Å²) in [5.41, 5.74) is 2.66. The topological polar surface area (TPSA) is 79.6 Å². The molecule has 1 N–H and O–H groups in total. The van der Waals surface area contributed by atoms with Gasteiger partial charge in [-0.15, -0.1) is 16.4 Å². The van der Waals surface area contributed by atoms with Crippen LogP contribution in [-0.4, -0.2) is 33.0 Å². The number of carbonyl (C=O) groups is 2. The Hall–Kier alpha value is -3.23. The zero-order valence-electron chi connectivity index (χ0n) is 15.7. The lowest BCUT2D eigenvalue weighted by Gasteiger charge is -2.16. The number of fused-ring (bicyclic) bond motifs is 1. The van der Waals surface area contributed by atoms with Crippen molar-refractivity contribution in [2.24, 2.45) is 5.92 Å². The zero-order chi connectivity index (χ0) is 20.7. The van der Waals surface area contributed by atoms with Crippen LogP contribution in [0.25, 0.3) is 16.2 Å². The minimum Gasteiger partial charge on any atom is -0.312 e. The lowest BCUT2D eigenvalue weighted by molar-refractivity contribution is -0.122. The van der Waals surface area contributed by atoms with Crippen molar-refractivity contribution in [3.05, 3.63) is 65.0 Å². The monoisotopic (exact) mass is 437 g/mol. The van der Waals surface area contributed by atoms with E-state index >= 15 is 0 Å². The van der Waals surface area contributed by atoms with Crippen molar-refractivity contribution in [2.75, 3.05) is 16.8 Å². The molecule has 30 heavy (non-hydrogen) atoms. The molecule has 2 aromatic carbocycles. The Labute approximate surface area is 180 Å². The average molecular weight is 438 g/mol. The fraction of sp³-hybridized carbons (Fsp3) is 0.143. The maximum atomic E-state index is 12.7. The van der Waals surface area contributed by atoms with Gasteiger partial charge in [0.1, 0.15) is 0 Å². The molecule has 1 atom stereocenters. The van der Waals surface area contributed by atoms with Gasteiger partial charge in [0, 0.05) is 34.6 Å². The molecule has 1 saturated heterocycles. The van der Waals surface area contributed by atoms with Crippen LogP contribution in [0, 0.1) is 5.92 Å². The van der Waals surface area contributed by atoms with Gasteiger partial charge in [0.2, 0.25) is 22.7 Å². The normalized spacial score (nSPS) is 16.4. The van der Waals surface area contributed by atoms with Crippen LogP contribution in [0.2, 0.25) is 5.02 Å². The lowest BCUT2D eigenvalue weighted by Crippen LogP contribution is -2.28. The molecular formula is C21H16ClN5O2S. The van der Waals surface area contributed by atoms with Crippen molar-refractivity contribution < 1.29 is 9.59 Å². The van der Waals surface area contributed by atoms with Crippen molar-refractivity contribution in [1.82, 2.24) is 14.6 Å². The van der Waals surface area contributed by atoms with E-state index in [2.05, 4.69) is 15.4 Å². The molecule has 1 aliphatic heterocycles. The number of carbonyl (C=O) groups excluding carboxylic acids is 2. The van der Waals surface area contributed by atoms with Gasteiger partial charge in [-0.05, 0) is 24.3 Å². The predicted molar refractivity (Wildman–Crippen MR) is 117 cm³/mol. The molecule has 2 aromatic heterocycles. The maximum Gasteiger partial charge on any atom is 0.250 e. The second kappa shape index (κ2) is 7.55. The summed E-state index contributed by atoms with van der Waals surface area (Å²) in [6.07, 6.45) is 0.145. The smallest absolute Gasteiger partial charge is 0.250 e. The van der Waals surface area contributed by atoms with Crippen molar-refractivity contribution in [3.8, 4) is 11.3 Å². The summed E-state index contributed by atoms with van der Waals surface area (Å²) >= 11 is 7.37. The highest BCUT2D eigenvalue weighted by molar-refractivity contribution is 7.15. The first-order valence-corrected chi connectivity index (χ1v) is 10.6. The van der Waals surface area contributed by atoms with E-state index in [-0.39, 0.29) is 24.2 Å². The quantitative estimate of drug-likeness (QED) is 0.521. The van der Waals surface area contributed by atoms with E-state index in [9.17, 15) is 9.59 Å². The van der Waals surface area contributed by atoms with Crippen LogP contribution in [0.3, 0.4) is 0 Å². The molecule has 0 radical (unpaired) electrons. The molecule has 4 aromatic rings. The van der Waals surface area contributed by atoms with Gasteiger partial charge in [-0.2, -0.15) is 4.98 Å². The number of rotatable bonds is 4. The number of anilines is 2. The third-order valence-corrected chi connectivity index (χ3v) is 6.09. The minimum absolute atomic E-state index is 0.0948. The van der Waals surface area contributed by atoms with Crippen LogP contribution >= 0.6 is 22.9 Å². The highest BCUT2D eigenvalue weighted by atomic mass is 35.5. The molecule has 0 bridgehead atoms. The molecule has 150 valence electrons. The number of benzene rings is 2. The molecule has 0 spiro atoms. The van der Waals surface area contributed by atoms with E-state index in [4.69, 9.17) is 11.6 Å². The largest absolute Gasteiger partial charge is 0.312 e. The fourth-order valence-electron chi connectivity index (χ4n) is 3.51. The molecule has 1 aliphatic rings. The number of hydrogen-bond donors (Lipinski definition) is 1. The molecule has 1 unspecified atom stereocenters. The van der Waals surface area contributed by atoms with Gasteiger partial charge in [0.25, 0.3) is 0 Å². The lowest BCUT2D eigenvalue weighted by atomic mass is 10.1. The number of hydrogen-bond acceptors (Lipinski definition) is 5. The van der Waals surface area contributed by atoms with Gasteiger partial charge >= 0.3 is 0 Å². The third kappa shape index (κ3) is 3.44. The Kier molecular flexibility index (Phi) is 4.72. The van der Waals surface area contributed by atoms with E-state index in [1.165, 1.54) is 11.3 Å². The standard InChI is InChI=1S/C21H16ClN5O2S/c22-15-6-8-16(9-7-15)26-11-14(10-18(26)28)19(29)23-20-24-21-27(25-20)17(12-30-21)13-4-2-1-3-5-13/h1-9,12,14H,10-11H2,(H,23,25,29). The summed E-state index contributed by atoms with van der Waals surface area (Å²) in [4.78, 5) is 31.9. The summed E-state index contributed by atoms with van der Waals surface area (Å²) < 4.78 is 1.72. The first-order valence-electron chi connectivity index (χ1n) is 9.35. The summed E-state index contributed by atoms with van der Waals surface area (Å²) in [7, 11) is 0. The van der Waals surface area contributed by atoms with Gasteiger partial charge in [-0.1, -0.05) is 41.9 Å². The van der Waals surface area contributed by atoms with E-state index < -0.39 is 5.92 Å². The van der Waals surface area contributed by atoms with Gasteiger partial charge in [0.05, 0.1) is 11.6 Å². The Morgan fingerprint density at radius 1 is 1.13 bits per heavy atom. The van der Waals surface area contributed by atoms with Crippen LogP contribution in [0.15, 0.2) is 60.0 Å². The summed E-state index contributed by atoms with van der Waals surface area (Å²) in [5, 5.41) is 9.78. The number of nitrogens with one attached hydrogen (secondary N) is 1. The Morgan fingerprint density at radius 2 is 1.90 bits per heavy atom. The van der Waals surface area contributed by atoms with E-state index in [1.54, 1.807) is 33.7 Å². The second-order valence-electron chi connectivity index (χ2n) is 6.99. The molecule has 0 saturated carbocycles. The molecule has 9 heteroatoms. The number of nitrogens with zero attached hydrogens (tertiary/aromatic N) is 4. The minimum atomic E-state index is -0.469. The van der Waals surface area contributed by atoms with E-state index in [1.807, 2.05) is 35.7 Å². The number of thiazole rings is 1. The SMILES string of the molecule is O=C(Nc1nc2scc(-c3ccccc3)n2n1)C1CC(=O)N(c2ccc(Cl)cc2)C1. The van der Waals surface area contributed by atoms with Gasteiger partial charge in [-0.25, -0.2) is 4.52 Å². The highest BCUT2D eigenvalue weighted by Gasteiger charge is 2.35. The third-order valence-electron chi connectivity index (χ3n) is 5.02. The fourth-order valence-corrected chi connectivity index (χ4v) is 4.46. The first-order chi connectivity index (χ1) is 14.6. The summed E-state index contributed by atoms with van der Waals surface area (Å²) in [6, 6.07) is 16.9. The van der Waals surface area contributed by atoms with Crippen LogP contribution in [0.5, 0.6) is 0 Å². The van der Waals surface area contributed by atoms with Crippen LogP contribution < -0.4 is 10.2 Å². The Morgan fingerprint density at radius 3 is 2.67 bits per heavy atom.